The molecule has 0 spiro atoms. The van der Waals surface area contributed by atoms with Crippen molar-refractivity contribution in [1.82, 2.24) is 0 Å². The fourth-order valence-corrected chi connectivity index (χ4v) is 2.89. The molecule has 0 amide bonds. The molecule has 144 valence electrons. The van der Waals surface area contributed by atoms with E-state index in [0.717, 1.165) is 5.56 Å². The number of hydrogen-bond acceptors (Lipinski definition) is 6. The first-order valence-corrected chi connectivity index (χ1v) is 8.65. The normalized spacial score (nSPS) is 14.5. The highest BCUT2D eigenvalue weighted by Gasteiger charge is 2.22. The van der Waals surface area contributed by atoms with Crippen LogP contribution in [-0.2, 0) is 14.3 Å². The van der Waals surface area contributed by atoms with Gasteiger partial charge >= 0.3 is 11.9 Å². The van der Waals surface area contributed by atoms with Crippen molar-refractivity contribution in [2.45, 2.75) is 6.92 Å². The maximum atomic E-state index is 12.2. The Morgan fingerprint density at radius 3 is 2.43 bits per heavy atom. The van der Waals surface area contributed by atoms with Gasteiger partial charge in [0.05, 0.1) is 24.8 Å². The van der Waals surface area contributed by atoms with Gasteiger partial charge in [0.2, 0.25) is 0 Å². The molecule has 6 nitrogen and oxygen atoms in total. The van der Waals surface area contributed by atoms with Gasteiger partial charge in [-0.3, -0.25) is 4.79 Å². The monoisotopic (exact) mass is 400 g/mol. The van der Waals surface area contributed by atoms with Gasteiger partial charge in [-0.05, 0) is 54.1 Å². The van der Waals surface area contributed by atoms with Crippen LogP contribution in [0.2, 0.25) is 5.02 Å². The summed E-state index contributed by atoms with van der Waals surface area (Å²) in [7, 11) is 3.01. The summed E-state index contributed by atoms with van der Waals surface area (Å²) in [6.45, 7) is 1.27. The molecule has 0 aromatic heterocycles. The lowest BCUT2D eigenvalue weighted by molar-refractivity contribution is -0.132. The Labute approximate surface area is 166 Å². The van der Waals surface area contributed by atoms with Gasteiger partial charge in [0.15, 0.2) is 11.5 Å². The predicted molar refractivity (Wildman–Crippen MR) is 104 cm³/mol. The number of ether oxygens (including phenoxy) is 4. The average molecular weight is 401 g/mol. The standard InChI is InChI=1S/C21H17ClO6/c1-12(23)27-20-17(22)9-13(10-19(20)26-3)8-15-11-18(28-21(15)24)14-4-6-16(25-2)7-5-14/h4-11H,1-3H3/b15-8+. The molecule has 0 fully saturated rings. The van der Waals surface area contributed by atoms with E-state index in [9.17, 15) is 9.59 Å². The van der Waals surface area contributed by atoms with Crippen LogP contribution in [0.3, 0.4) is 0 Å². The smallest absolute Gasteiger partial charge is 0.343 e. The van der Waals surface area contributed by atoms with Gasteiger partial charge in [-0.15, -0.1) is 0 Å². The highest BCUT2D eigenvalue weighted by atomic mass is 35.5. The molecule has 7 heteroatoms. The van der Waals surface area contributed by atoms with E-state index in [2.05, 4.69) is 0 Å². The third-order valence-corrected chi connectivity index (χ3v) is 4.20. The van der Waals surface area contributed by atoms with Gasteiger partial charge < -0.3 is 18.9 Å². The molecule has 0 unspecified atom stereocenters. The van der Waals surface area contributed by atoms with Crippen molar-refractivity contribution >= 4 is 35.4 Å². The van der Waals surface area contributed by atoms with E-state index in [0.29, 0.717) is 22.6 Å². The number of carbonyl (C=O) groups is 2. The third kappa shape index (κ3) is 4.18. The molecule has 0 N–H and O–H groups in total. The van der Waals surface area contributed by atoms with Crippen LogP contribution < -0.4 is 14.2 Å². The summed E-state index contributed by atoms with van der Waals surface area (Å²) in [5, 5.41) is 0.187. The second kappa shape index (κ2) is 8.19. The van der Waals surface area contributed by atoms with Crippen molar-refractivity contribution in [3.8, 4) is 17.2 Å². The molecule has 1 aliphatic heterocycles. The lowest BCUT2D eigenvalue weighted by Crippen LogP contribution is -2.04. The number of halogens is 1. The van der Waals surface area contributed by atoms with Crippen LogP contribution in [0.25, 0.3) is 11.8 Å². The van der Waals surface area contributed by atoms with Gasteiger partial charge in [0.25, 0.3) is 0 Å². The molecule has 0 saturated carbocycles. The van der Waals surface area contributed by atoms with Crippen molar-refractivity contribution < 1.29 is 28.5 Å². The second-order valence-corrected chi connectivity index (χ2v) is 6.26. The van der Waals surface area contributed by atoms with Crippen LogP contribution in [-0.4, -0.2) is 26.2 Å². The quantitative estimate of drug-likeness (QED) is 0.424. The van der Waals surface area contributed by atoms with E-state index in [4.69, 9.17) is 30.5 Å². The van der Waals surface area contributed by atoms with Crippen LogP contribution in [0.5, 0.6) is 17.2 Å². The molecule has 1 heterocycles. The van der Waals surface area contributed by atoms with E-state index in [1.807, 2.05) is 0 Å². The Morgan fingerprint density at radius 1 is 1.11 bits per heavy atom. The number of cyclic esters (lactones) is 1. The number of rotatable bonds is 5. The molecule has 2 aromatic rings. The van der Waals surface area contributed by atoms with E-state index < -0.39 is 11.9 Å². The summed E-state index contributed by atoms with van der Waals surface area (Å²) in [5.41, 5.74) is 1.69. The first-order valence-electron chi connectivity index (χ1n) is 8.27. The zero-order valence-corrected chi connectivity index (χ0v) is 16.2. The lowest BCUT2D eigenvalue weighted by atomic mass is 10.1. The van der Waals surface area contributed by atoms with Crippen LogP contribution in [0.4, 0.5) is 0 Å². The Balaban J connectivity index is 1.93. The number of methoxy groups -OCH3 is 2. The second-order valence-electron chi connectivity index (χ2n) is 5.85. The summed E-state index contributed by atoms with van der Waals surface area (Å²) in [4.78, 5) is 23.5. The van der Waals surface area contributed by atoms with Gasteiger partial charge in [0.1, 0.15) is 11.5 Å². The van der Waals surface area contributed by atoms with Crippen molar-refractivity contribution in [3.05, 3.63) is 64.2 Å². The zero-order chi connectivity index (χ0) is 20.3. The van der Waals surface area contributed by atoms with E-state index in [1.165, 1.54) is 14.0 Å². The molecule has 0 aliphatic carbocycles. The topological polar surface area (TPSA) is 71.1 Å². The summed E-state index contributed by atoms with van der Waals surface area (Å²) >= 11 is 6.20. The SMILES string of the molecule is COc1ccc(C2=C/C(=C\c3cc(Cl)c(OC(C)=O)c(OC)c3)C(=O)O2)cc1. The predicted octanol–water partition coefficient (Wildman–Crippen LogP) is 4.26. The molecule has 2 aromatic carbocycles. The first-order chi connectivity index (χ1) is 13.4. The summed E-state index contributed by atoms with van der Waals surface area (Å²) in [6, 6.07) is 10.4. The molecule has 0 bridgehead atoms. The molecular weight excluding hydrogens is 384 g/mol. The minimum atomic E-state index is -0.516. The van der Waals surface area contributed by atoms with E-state index in [1.54, 1.807) is 55.7 Å². The van der Waals surface area contributed by atoms with E-state index in [-0.39, 0.29) is 16.5 Å². The van der Waals surface area contributed by atoms with Crippen molar-refractivity contribution in [1.29, 1.82) is 0 Å². The van der Waals surface area contributed by atoms with Crippen molar-refractivity contribution in [2.24, 2.45) is 0 Å². The van der Waals surface area contributed by atoms with Gasteiger partial charge in [-0.2, -0.15) is 0 Å². The molecular formula is C21H17ClO6. The lowest BCUT2D eigenvalue weighted by Gasteiger charge is -2.11. The summed E-state index contributed by atoms with van der Waals surface area (Å²) in [5.74, 6) is 0.554. The third-order valence-electron chi connectivity index (χ3n) is 3.92. The van der Waals surface area contributed by atoms with Crippen LogP contribution in [0.15, 0.2) is 48.0 Å². The fraction of sp³-hybridized carbons (Fsp3) is 0.143. The number of benzene rings is 2. The van der Waals surface area contributed by atoms with Crippen LogP contribution in [0.1, 0.15) is 18.1 Å². The first kappa shape index (κ1) is 19.5. The molecule has 0 saturated heterocycles. The summed E-state index contributed by atoms with van der Waals surface area (Å²) in [6.07, 6.45) is 3.26. The van der Waals surface area contributed by atoms with Crippen molar-refractivity contribution in [2.75, 3.05) is 14.2 Å². The minimum Gasteiger partial charge on any atom is -0.497 e. The Hall–Kier alpha value is -3.25. The molecule has 28 heavy (non-hydrogen) atoms. The molecule has 1 aliphatic rings. The number of carbonyl (C=O) groups excluding carboxylic acids is 2. The highest BCUT2D eigenvalue weighted by Crippen LogP contribution is 2.38. The molecule has 0 atom stereocenters. The maximum absolute atomic E-state index is 12.2. The van der Waals surface area contributed by atoms with Crippen LogP contribution in [0, 0.1) is 0 Å². The average Bonchev–Trinajstić information content (AvgIpc) is 3.04. The number of hydrogen-bond donors (Lipinski definition) is 0. The fourth-order valence-electron chi connectivity index (χ4n) is 2.63. The molecule has 3 rings (SSSR count). The van der Waals surface area contributed by atoms with Gasteiger partial charge in [0, 0.05) is 12.5 Å². The summed E-state index contributed by atoms with van der Waals surface area (Å²) < 4.78 is 20.8. The highest BCUT2D eigenvalue weighted by molar-refractivity contribution is 6.32. The van der Waals surface area contributed by atoms with Gasteiger partial charge in [-0.25, -0.2) is 4.79 Å². The Kier molecular flexibility index (Phi) is 5.70. The Bertz CT molecular complexity index is 989. The van der Waals surface area contributed by atoms with E-state index >= 15 is 0 Å². The van der Waals surface area contributed by atoms with Gasteiger partial charge in [-0.1, -0.05) is 11.6 Å². The maximum Gasteiger partial charge on any atom is 0.343 e. The van der Waals surface area contributed by atoms with Crippen LogP contribution >= 0.6 is 11.6 Å². The number of esters is 2. The zero-order valence-electron chi connectivity index (χ0n) is 15.4. The molecule has 0 radical (unpaired) electrons. The largest absolute Gasteiger partial charge is 0.497 e. The Morgan fingerprint density at radius 2 is 1.82 bits per heavy atom. The van der Waals surface area contributed by atoms with Crippen molar-refractivity contribution in [3.63, 3.8) is 0 Å². The minimum absolute atomic E-state index is 0.127.